The molecule has 22 heavy (non-hydrogen) atoms. The molecule has 0 amide bonds. The maximum atomic E-state index is 6.35. The molecule has 1 aliphatic rings. The molecule has 0 unspecified atom stereocenters. The van der Waals surface area contributed by atoms with Gasteiger partial charge in [-0.3, -0.25) is 0 Å². The summed E-state index contributed by atoms with van der Waals surface area (Å²) in [7, 11) is 0. The highest BCUT2D eigenvalue weighted by atomic mass is 35.5. The van der Waals surface area contributed by atoms with E-state index < -0.39 is 0 Å². The molecule has 0 spiro atoms. The van der Waals surface area contributed by atoms with Crippen LogP contribution < -0.4 is 0 Å². The quantitative estimate of drug-likeness (QED) is 0.707. The SMILES string of the molecule is Cc1nocc1-c1nc(C2CC2)ncc1-c1ccccc1Cl. The van der Waals surface area contributed by atoms with Crippen LogP contribution in [0.5, 0.6) is 0 Å². The highest BCUT2D eigenvalue weighted by Crippen LogP contribution is 2.41. The molecular weight excluding hydrogens is 298 g/mol. The zero-order valence-electron chi connectivity index (χ0n) is 12.1. The Balaban J connectivity index is 1.94. The van der Waals surface area contributed by atoms with E-state index in [0.29, 0.717) is 10.9 Å². The predicted octanol–water partition coefficient (Wildman–Crippen LogP) is 4.64. The second kappa shape index (κ2) is 5.21. The van der Waals surface area contributed by atoms with Crippen LogP contribution in [0.15, 0.2) is 41.2 Å². The van der Waals surface area contributed by atoms with E-state index in [1.165, 1.54) is 0 Å². The van der Waals surface area contributed by atoms with Crippen LogP contribution in [0.3, 0.4) is 0 Å². The van der Waals surface area contributed by atoms with Crippen molar-refractivity contribution in [1.82, 2.24) is 15.1 Å². The first-order valence-electron chi connectivity index (χ1n) is 7.27. The van der Waals surface area contributed by atoms with Crippen LogP contribution in [-0.2, 0) is 0 Å². The maximum Gasteiger partial charge on any atom is 0.133 e. The first-order chi connectivity index (χ1) is 10.7. The Labute approximate surface area is 133 Å². The Morgan fingerprint density at radius 1 is 1.14 bits per heavy atom. The minimum absolute atomic E-state index is 0.485. The molecule has 110 valence electrons. The standard InChI is InChI=1S/C17H14ClN3O/c1-10-14(9-22-21-10)16-13(12-4-2-3-5-15(12)18)8-19-17(20-16)11-6-7-11/h2-5,8-9,11H,6-7H2,1H3. The smallest absolute Gasteiger partial charge is 0.133 e. The molecule has 2 heterocycles. The maximum absolute atomic E-state index is 6.35. The highest BCUT2D eigenvalue weighted by molar-refractivity contribution is 6.33. The number of rotatable bonds is 3. The molecule has 0 saturated heterocycles. The summed E-state index contributed by atoms with van der Waals surface area (Å²) in [6, 6.07) is 7.72. The molecule has 0 bridgehead atoms. The molecular formula is C17H14ClN3O. The summed E-state index contributed by atoms with van der Waals surface area (Å²) in [6.07, 6.45) is 5.82. The normalized spacial score (nSPS) is 14.3. The lowest BCUT2D eigenvalue weighted by atomic mass is 10.0. The molecule has 5 heteroatoms. The number of aryl methyl sites for hydroxylation is 1. The van der Waals surface area contributed by atoms with E-state index in [4.69, 9.17) is 21.1 Å². The molecule has 1 saturated carbocycles. The topological polar surface area (TPSA) is 51.8 Å². The lowest BCUT2D eigenvalue weighted by Gasteiger charge is -2.10. The van der Waals surface area contributed by atoms with Crippen molar-refractivity contribution in [1.29, 1.82) is 0 Å². The fourth-order valence-corrected chi connectivity index (χ4v) is 2.77. The number of nitrogens with zero attached hydrogens (tertiary/aromatic N) is 3. The monoisotopic (exact) mass is 311 g/mol. The Bertz CT molecular complexity index is 839. The van der Waals surface area contributed by atoms with Gasteiger partial charge in [0.25, 0.3) is 0 Å². The van der Waals surface area contributed by atoms with Crippen molar-refractivity contribution in [2.24, 2.45) is 0 Å². The van der Waals surface area contributed by atoms with Crippen LogP contribution in [0, 0.1) is 6.92 Å². The van der Waals surface area contributed by atoms with Gasteiger partial charge in [-0.25, -0.2) is 9.97 Å². The zero-order valence-corrected chi connectivity index (χ0v) is 12.8. The van der Waals surface area contributed by atoms with E-state index >= 15 is 0 Å². The van der Waals surface area contributed by atoms with Crippen molar-refractivity contribution in [3.8, 4) is 22.4 Å². The minimum Gasteiger partial charge on any atom is -0.364 e. The van der Waals surface area contributed by atoms with E-state index in [9.17, 15) is 0 Å². The highest BCUT2D eigenvalue weighted by Gasteiger charge is 2.28. The molecule has 1 fully saturated rings. The van der Waals surface area contributed by atoms with Gasteiger partial charge in [-0.1, -0.05) is 35.0 Å². The van der Waals surface area contributed by atoms with Gasteiger partial charge in [0, 0.05) is 28.3 Å². The van der Waals surface area contributed by atoms with E-state index in [1.807, 2.05) is 37.4 Å². The Kier molecular flexibility index (Phi) is 3.19. The van der Waals surface area contributed by atoms with Crippen LogP contribution in [0.25, 0.3) is 22.4 Å². The van der Waals surface area contributed by atoms with Gasteiger partial charge >= 0.3 is 0 Å². The fourth-order valence-electron chi connectivity index (χ4n) is 2.54. The predicted molar refractivity (Wildman–Crippen MR) is 84.7 cm³/mol. The van der Waals surface area contributed by atoms with E-state index in [2.05, 4.69) is 10.1 Å². The summed E-state index contributed by atoms with van der Waals surface area (Å²) in [5.41, 5.74) is 4.36. The Hall–Kier alpha value is -2.20. The van der Waals surface area contributed by atoms with Crippen LogP contribution in [0.1, 0.15) is 30.3 Å². The van der Waals surface area contributed by atoms with Gasteiger partial charge in [0.1, 0.15) is 12.1 Å². The first-order valence-corrected chi connectivity index (χ1v) is 7.65. The summed E-state index contributed by atoms with van der Waals surface area (Å²) in [5, 5.41) is 4.65. The van der Waals surface area contributed by atoms with Crippen LogP contribution >= 0.6 is 11.6 Å². The molecule has 0 radical (unpaired) electrons. The minimum atomic E-state index is 0.485. The second-order valence-electron chi connectivity index (χ2n) is 5.56. The van der Waals surface area contributed by atoms with Gasteiger partial charge in [-0.15, -0.1) is 0 Å². The van der Waals surface area contributed by atoms with Crippen molar-refractivity contribution >= 4 is 11.6 Å². The van der Waals surface area contributed by atoms with Gasteiger partial charge in [-0.2, -0.15) is 0 Å². The van der Waals surface area contributed by atoms with Crippen LogP contribution in [0.2, 0.25) is 5.02 Å². The van der Waals surface area contributed by atoms with Crippen molar-refractivity contribution in [2.45, 2.75) is 25.7 Å². The third-order valence-corrected chi connectivity index (χ3v) is 4.25. The average Bonchev–Trinajstić information content (AvgIpc) is 3.29. The molecule has 4 nitrogen and oxygen atoms in total. The number of hydrogen-bond donors (Lipinski definition) is 0. The zero-order chi connectivity index (χ0) is 15.1. The summed E-state index contributed by atoms with van der Waals surface area (Å²) in [4.78, 5) is 9.32. The van der Waals surface area contributed by atoms with Gasteiger partial charge in [-0.05, 0) is 25.8 Å². The molecule has 3 aromatic rings. The summed E-state index contributed by atoms with van der Waals surface area (Å²) < 4.78 is 5.09. The molecule has 0 atom stereocenters. The number of hydrogen-bond acceptors (Lipinski definition) is 4. The second-order valence-corrected chi connectivity index (χ2v) is 5.97. The van der Waals surface area contributed by atoms with Crippen LogP contribution in [-0.4, -0.2) is 15.1 Å². The Morgan fingerprint density at radius 2 is 1.95 bits per heavy atom. The number of benzene rings is 1. The first kappa shape index (κ1) is 13.5. The van der Waals surface area contributed by atoms with Crippen LogP contribution in [0.4, 0.5) is 0 Å². The van der Waals surface area contributed by atoms with Gasteiger partial charge in [0.15, 0.2) is 0 Å². The largest absolute Gasteiger partial charge is 0.364 e. The average molecular weight is 312 g/mol. The summed E-state index contributed by atoms with van der Waals surface area (Å²) in [5.74, 6) is 1.38. The third kappa shape index (κ3) is 2.29. The summed E-state index contributed by atoms with van der Waals surface area (Å²) in [6.45, 7) is 1.91. The molecule has 1 aliphatic carbocycles. The molecule has 4 rings (SSSR count). The van der Waals surface area contributed by atoms with Crippen molar-refractivity contribution in [2.75, 3.05) is 0 Å². The van der Waals surface area contributed by atoms with Gasteiger partial charge in [0.2, 0.25) is 0 Å². The molecule has 2 aromatic heterocycles. The van der Waals surface area contributed by atoms with Gasteiger partial charge in [0.05, 0.1) is 17.0 Å². The van der Waals surface area contributed by atoms with E-state index in [-0.39, 0.29) is 0 Å². The number of aromatic nitrogens is 3. The van der Waals surface area contributed by atoms with E-state index in [1.54, 1.807) is 6.26 Å². The van der Waals surface area contributed by atoms with Crippen molar-refractivity contribution < 1.29 is 4.52 Å². The molecule has 0 aliphatic heterocycles. The van der Waals surface area contributed by atoms with Crippen molar-refractivity contribution in [3.05, 3.63) is 53.3 Å². The fraction of sp³-hybridized carbons (Fsp3) is 0.235. The van der Waals surface area contributed by atoms with Gasteiger partial charge < -0.3 is 4.52 Å². The summed E-state index contributed by atoms with van der Waals surface area (Å²) >= 11 is 6.35. The molecule has 0 N–H and O–H groups in total. The lowest BCUT2D eigenvalue weighted by molar-refractivity contribution is 0.415. The third-order valence-electron chi connectivity index (χ3n) is 3.92. The molecule has 1 aromatic carbocycles. The Morgan fingerprint density at radius 3 is 2.64 bits per heavy atom. The number of halogens is 1. The van der Waals surface area contributed by atoms with Crippen molar-refractivity contribution in [3.63, 3.8) is 0 Å². The lowest BCUT2D eigenvalue weighted by Crippen LogP contribution is -1.98. The van der Waals surface area contributed by atoms with E-state index in [0.717, 1.165) is 46.7 Å².